The molecule has 1 saturated heterocycles. The molecule has 19 heavy (non-hydrogen) atoms. The molecule has 1 amide bonds. The first-order valence-corrected chi connectivity index (χ1v) is 7.04. The quantitative estimate of drug-likeness (QED) is 0.820. The Morgan fingerprint density at radius 3 is 2.68 bits per heavy atom. The lowest BCUT2D eigenvalue weighted by molar-refractivity contribution is -0.132. The van der Waals surface area contributed by atoms with Crippen LogP contribution >= 0.6 is 0 Å². The topological polar surface area (TPSA) is 55.2 Å². The predicted molar refractivity (Wildman–Crippen MR) is 72.9 cm³/mol. The summed E-state index contributed by atoms with van der Waals surface area (Å²) in [6.07, 6.45) is 6.58. The SMILES string of the molecule is CCCc1cc(=O)n(CC(=O)N2CCCCC2)cn1. The Hall–Kier alpha value is -1.65. The van der Waals surface area contributed by atoms with Crippen molar-refractivity contribution in [2.24, 2.45) is 0 Å². The van der Waals surface area contributed by atoms with E-state index in [0.717, 1.165) is 44.5 Å². The van der Waals surface area contributed by atoms with Crippen molar-refractivity contribution in [3.8, 4) is 0 Å². The van der Waals surface area contributed by atoms with Crippen LogP contribution in [0.2, 0.25) is 0 Å². The van der Waals surface area contributed by atoms with Gasteiger partial charge in [0.2, 0.25) is 5.91 Å². The highest BCUT2D eigenvalue weighted by Gasteiger charge is 2.17. The van der Waals surface area contributed by atoms with E-state index in [9.17, 15) is 9.59 Å². The third kappa shape index (κ3) is 3.66. The van der Waals surface area contributed by atoms with Crippen LogP contribution < -0.4 is 5.56 Å². The van der Waals surface area contributed by atoms with E-state index >= 15 is 0 Å². The van der Waals surface area contributed by atoms with Gasteiger partial charge in [-0.1, -0.05) is 13.3 Å². The molecule has 0 spiro atoms. The van der Waals surface area contributed by atoms with E-state index in [2.05, 4.69) is 4.98 Å². The summed E-state index contributed by atoms with van der Waals surface area (Å²) in [5.41, 5.74) is 0.665. The first-order chi connectivity index (χ1) is 9.20. The first kappa shape index (κ1) is 13.8. The summed E-state index contributed by atoms with van der Waals surface area (Å²) in [5.74, 6) is 0.0202. The average molecular weight is 263 g/mol. The third-order valence-electron chi connectivity index (χ3n) is 3.46. The van der Waals surface area contributed by atoms with Crippen LogP contribution in [-0.4, -0.2) is 33.4 Å². The Balaban J connectivity index is 2.02. The molecule has 2 rings (SSSR count). The number of rotatable bonds is 4. The van der Waals surface area contributed by atoms with Crippen molar-refractivity contribution in [3.05, 3.63) is 28.4 Å². The minimum Gasteiger partial charge on any atom is -0.341 e. The van der Waals surface area contributed by atoms with Gasteiger partial charge in [0.05, 0.1) is 6.33 Å². The normalized spacial score (nSPS) is 15.5. The maximum atomic E-state index is 12.1. The number of likely N-dealkylation sites (tertiary alicyclic amines) is 1. The van der Waals surface area contributed by atoms with Crippen LogP contribution in [0.15, 0.2) is 17.2 Å². The third-order valence-corrected chi connectivity index (χ3v) is 3.46. The summed E-state index contributed by atoms with van der Waals surface area (Å²) in [6, 6.07) is 1.53. The molecular weight excluding hydrogens is 242 g/mol. The molecule has 0 atom stereocenters. The van der Waals surface area contributed by atoms with E-state index in [-0.39, 0.29) is 18.0 Å². The lowest BCUT2D eigenvalue weighted by Crippen LogP contribution is -2.39. The molecule has 0 bridgehead atoms. The first-order valence-electron chi connectivity index (χ1n) is 7.04. The molecule has 0 radical (unpaired) electrons. The number of carbonyl (C=O) groups is 1. The number of hydrogen-bond acceptors (Lipinski definition) is 3. The van der Waals surface area contributed by atoms with Crippen molar-refractivity contribution in [2.75, 3.05) is 13.1 Å². The molecular formula is C14H21N3O2. The zero-order valence-corrected chi connectivity index (χ0v) is 11.5. The monoisotopic (exact) mass is 263 g/mol. The van der Waals surface area contributed by atoms with E-state index in [0.29, 0.717) is 0 Å². The minimum atomic E-state index is -0.135. The Morgan fingerprint density at radius 2 is 2.05 bits per heavy atom. The second kappa shape index (κ2) is 6.50. The molecule has 1 aliphatic heterocycles. The van der Waals surface area contributed by atoms with Crippen LogP contribution in [0.1, 0.15) is 38.3 Å². The summed E-state index contributed by atoms with van der Waals surface area (Å²) in [5, 5.41) is 0. The molecule has 2 heterocycles. The second-order valence-corrected chi connectivity index (χ2v) is 5.04. The number of nitrogens with zero attached hydrogens (tertiary/aromatic N) is 3. The van der Waals surface area contributed by atoms with E-state index < -0.39 is 0 Å². The number of carbonyl (C=O) groups excluding carboxylic acids is 1. The van der Waals surface area contributed by atoms with Gasteiger partial charge in [0.1, 0.15) is 6.54 Å². The Bertz CT molecular complexity index is 490. The summed E-state index contributed by atoms with van der Waals surface area (Å²) in [6.45, 7) is 3.79. The molecule has 0 aromatic carbocycles. The van der Waals surface area contributed by atoms with Gasteiger partial charge in [-0.05, 0) is 25.7 Å². The van der Waals surface area contributed by atoms with Crippen molar-refractivity contribution in [3.63, 3.8) is 0 Å². The number of amides is 1. The van der Waals surface area contributed by atoms with Gasteiger partial charge in [-0.3, -0.25) is 14.2 Å². The molecule has 1 fully saturated rings. The van der Waals surface area contributed by atoms with Crippen LogP contribution in [0.25, 0.3) is 0 Å². The zero-order chi connectivity index (χ0) is 13.7. The number of aromatic nitrogens is 2. The number of aryl methyl sites for hydroxylation is 1. The van der Waals surface area contributed by atoms with Crippen molar-refractivity contribution < 1.29 is 4.79 Å². The van der Waals surface area contributed by atoms with Gasteiger partial charge < -0.3 is 4.90 Å². The summed E-state index contributed by atoms with van der Waals surface area (Å²) < 4.78 is 1.40. The average Bonchev–Trinajstić information content (AvgIpc) is 2.43. The lowest BCUT2D eigenvalue weighted by Gasteiger charge is -2.26. The van der Waals surface area contributed by atoms with E-state index in [1.54, 1.807) is 0 Å². The van der Waals surface area contributed by atoms with E-state index in [4.69, 9.17) is 0 Å². The molecule has 0 saturated carbocycles. The predicted octanol–water partition coefficient (Wildman–Crippen LogP) is 1.21. The molecule has 1 aromatic heterocycles. The molecule has 0 N–H and O–H groups in total. The van der Waals surface area contributed by atoms with Crippen molar-refractivity contribution in [2.45, 2.75) is 45.6 Å². The van der Waals surface area contributed by atoms with Crippen LogP contribution in [0.3, 0.4) is 0 Å². The van der Waals surface area contributed by atoms with Gasteiger partial charge in [0, 0.05) is 24.8 Å². The van der Waals surface area contributed by atoms with Crippen LogP contribution in [-0.2, 0) is 17.8 Å². The Kier molecular flexibility index (Phi) is 4.71. The Labute approximate surface area is 113 Å². The van der Waals surface area contributed by atoms with Gasteiger partial charge >= 0.3 is 0 Å². The second-order valence-electron chi connectivity index (χ2n) is 5.04. The molecule has 0 aliphatic carbocycles. The fourth-order valence-corrected chi connectivity index (χ4v) is 2.36. The number of piperidine rings is 1. The van der Waals surface area contributed by atoms with Crippen molar-refractivity contribution in [1.29, 1.82) is 0 Å². The van der Waals surface area contributed by atoms with Crippen molar-refractivity contribution in [1.82, 2.24) is 14.5 Å². The largest absolute Gasteiger partial charge is 0.341 e. The molecule has 104 valence electrons. The van der Waals surface area contributed by atoms with Crippen LogP contribution in [0.4, 0.5) is 0 Å². The van der Waals surface area contributed by atoms with Gasteiger partial charge in [0.15, 0.2) is 0 Å². The molecule has 5 heteroatoms. The molecule has 5 nitrogen and oxygen atoms in total. The maximum Gasteiger partial charge on any atom is 0.253 e. The summed E-state index contributed by atoms with van der Waals surface area (Å²) in [4.78, 5) is 30.0. The highest BCUT2D eigenvalue weighted by atomic mass is 16.2. The smallest absolute Gasteiger partial charge is 0.253 e. The Morgan fingerprint density at radius 1 is 1.32 bits per heavy atom. The van der Waals surface area contributed by atoms with Gasteiger partial charge in [-0.15, -0.1) is 0 Å². The fourth-order valence-electron chi connectivity index (χ4n) is 2.36. The highest BCUT2D eigenvalue weighted by Crippen LogP contribution is 2.09. The maximum absolute atomic E-state index is 12.1. The number of hydrogen-bond donors (Lipinski definition) is 0. The highest BCUT2D eigenvalue weighted by molar-refractivity contribution is 5.76. The lowest BCUT2D eigenvalue weighted by atomic mass is 10.1. The van der Waals surface area contributed by atoms with Crippen molar-refractivity contribution >= 4 is 5.91 Å². The van der Waals surface area contributed by atoms with Gasteiger partial charge in [0.25, 0.3) is 5.56 Å². The van der Waals surface area contributed by atoms with E-state index in [1.807, 2.05) is 11.8 Å². The molecule has 1 aromatic rings. The van der Waals surface area contributed by atoms with Gasteiger partial charge in [-0.25, -0.2) is 4.98 Å². The summed E-state index contributed by atoms with van der Waals surface area (Å²) in [7, 11) is 0. The summed E-state index contributed by atoms with van der Waals surface area (Å²) >= 11 is 0. The van der Waals surface area contributed by atoms with Crippen LogP contribution in [0, 0.1) is 0 Å². The van der Waals surface area contributed by atoms with E-state index in [1.165, 1.54) is 23.4 Å². The zero-order valence-electron chi connectivity index (χ0n) is 11.5. The van der Waals surface area contributed by atoms with Crippen LogP contribution in [0.5, 0.6) is 0 Å². The standard InChI is InChI=1S/C14H21N3O2/c1-2-6-12-9-13(18)17(11-15-12)10-14(19)16-7-4-3-5-8-16/h9,11H,2-8,10H2,1H3. The fraction of sp³-hybridized carbons (Fsp3) is 0.643. The molecule has 1 aliphatic rings. The molecule has 0 unspecified atom stereocenters. The van der Waals surface area contributed by atoms with Gasteiger partial charge in [-0.2, -0.15) is 0 Å². The minimum absolute atomic E-state index is 0.0202.